The number of hydrogen-bond acceptors (Lipinski definition) is 8. The van der Waals surface area contributed by atoms with Crippen molar-refractivity contribution in [3.63, 3.8) is 0 Å². The first kappa shape index (κ1) is 32.0. The molecule has 0 aromatic rings. The van der Waals surface area contributed by atoms with Crippen LogP contribution in [0.2, 0.25) is 0 Å². The lowest BCUT2D eigenvalue weighted by molar-refractivity contribution is -0.142. The van der Waals surface area contributed by atoms with Crippen LogP contribution in [0, 0.1) is 5.92 Å². The molecule has 0 rings (SSSR count). The second kappa shape index (κ2) is 17.5. The van der Waals surface area contributed by atoms with Crippen LogP contribution in [0.5, 0.6) is 0 Å². The highest BCUT2D eigenvalue weighted by Crippen LogP contribution is 2.10. The molecule has 0 aliphatic rings. The summed E-state index contributed by atoms with van der Waals surface area (Å²) in [5.74, 6) is -3.70. The number of aliphatic hydroxyl groups is 1. The lowest BCUT2D eigenvalue weighted by atomic mass is 9.97. The SMILES string of the molecule is CCC(C)C(NC(=O)C(N)CO)C(=O)NC(CCCN=C(N)N)C(=O)NC(CCCCN)C(=O)O. The Morgan fingerprint density at radius 1 is 0.914 bits per heavy atom. The summed E-state index contributed by atoms with van der Waals surface area (Å²) < 4.78 is 0. The number of aliphatic hydroxyl groups excluding tert-OH is 1. The molecule has 0 fully saturated rings. The van der Waals surface area contributed by atoms with E-state index in [9.17, 15) is 24.3 Å². The van der Waals surface area contributed by atoms with Gasteiger partial charge in [0.2, 0.25) is 17.7 Å². The maximum Gasteiger partial charge on any atom is 0.326 e. The Labute approximate surface area is 205 Å². The Morgan fingerprint density at radius 3 is 2.03 bits per heavy atom. The second-order valence-corrected chi connectivity index (χ2v) is 8.35. The van der Waals surface area contributed by atoms with Gasteiger partial charge in [-0.2, -0.15) is 0 Å². The van der Waals surface area contributed by atoms with Gasteiger partial charge >= 0.3 is 5.97 Å². The molecule has 0 aliphatic carbocycles. The minimum absolute atomic E-state index is 0.112. The lowest BCUT2D eigenvalue weighted by Gasteiger charge is -2.27. The Kier molecular flexibility index (Phi) is 16.0. The van der Waals surface area contributed by atoms with Crippen LogP contribution in [-0.4, -0.2) is 83.7 Å². The summed E-state index contributed by atoms with van der Waals surface area (Å²) in [6.07, 6.45) is 2.23. The topological polar surface area (TPSA) is 261 Å². The number of aliphatic carboxylic acids is 1. The van der Waals surface area contributed by atoms with Crippen LogP contribution in [0.25, 0.3) is 0 Å². The van der Waals surface area contributed by atoms with Crippen molar-refractivity contribution >= 4 is 29.7 Å². The Balaban J connectivity index is 5.59. The van der Waals surface area contributed by atoms with E-state index in [0.29, 0.717) is 32.2 Å². The van der Waals surface area contributed by atoms with Crippen LogP contribution in [0.1, 0.15) is 52.4 Å². The largest absolute Gasteiger partial charge is 0.480 e. The number of amides is 3. The third-order valence-electron chi connectivity index (χ3n) is 5.47. The highest BCUT2D eigenvalue weighted by molar-refractivity contribution is 5.94. The van der Waals surface area contributed by atoms with Crippen LogP contribution in [0.3, 0.4) is 0 Å². The molecule has 35 heavy (non-hydrogen) atoms. The number of carboxylic acid groups (broad SMARTS) is 1. The molecular formula is C21H42N8O6. The minimum Gasteiger partial charge on any atom is -0.480 e. The standard InChI is InChI=1S/C21H42N8O6/c1-3-12(2)16(29-17(31)13(23)11-30)19(33)27-14(8-6-10-26-21(24)25)18(32)28-15(20(34)35)7-4-5-9-22/h12-16,30H,3-11,22-23H2,1-2H3,(H,27,33)(H,28,32)(H,29,31)(H,34,35)(H4,24,25,26). The summed E-state index contributed by atoms with van der Waals surface area (Å²) in [4.78, 5) is 53.7. The zero-order valence-corrected chi connectivity index (χ0v) is 20.5. The number of nitrogens with two attached hydrogens (primary N) is 4. The third kappa shape index (κ3) is 12.9. The van der Waals surface area contributed by atoms with Crippen molar-refractivity contribution in [2.75, 3.05) is 19.7 Å². The smallest absolute Gasteiger partial charge is 0.326 e. The third-order valence-corrected chi connectivity index (χ3v) is 5.47. The Morgan fingerprint density at radius 2 is 1.51 bits per heavy atom. The number of nitrogens with one attached hydrogen (secondary N) is 3. The molecule has 0 radical (unpaired) electrons. The van der Waals surface area contributed by atoms with E-state index in [2.05, 4.69) is 20.9 Å². The van der Waals surface area contributed by atoms with Gasteiger partial charge in [0.1, 0.15) is 24.2 Å². The fourth-order valence-corrected chi connectivity index (χ4v) is 3.10. The molecule has 0 heterocycles. The summed E-state index contributed by atoms with van der Waals surface area (Å²) in [6.45, 7) is 3.55. The van der Waals surface area contributed by atoms with Gasteiger partial charge in [0.05, 0.1) is 6.61 Å². The molecule has 0 aromatic carbocycles. The zero-order chi connectivity index (χ0) is 27.0. The molecule has 3 amide bonds. The van der Waals surface area contributed by atoms with E-state index in [-0.39, 0.29) is 31.3 Å². The summed E-state index contributed by atoms with van der Waals surface area (Å²) >= 11 is 0. The molecule has 0 saturated carbocycles. The number of carbonyl (C=O) groups is 4. The van der Waals surface area contributed by atoms with E-state index < -0.39 is 54.5 Å². The van der Waals surface area contributed by atoms with Crippen molar-refractivity contribution in [1.82, 2.24) is 16.0 Å². The fourth-order valence-electron chi connectivity index (χ4n) is 3.10. The number of nitrogens with zero attached hydrogens (tertiary/aromatic N) is 1. The Bertz CT molecular complexity index is 716. The molecule has 5 unspecified atom stereocenters. The normalized spacial score (nSPS) is 15.1. The van der Waals surface area contributed by atoms with Gasteiger partial charge in [0.25, 0.3) is 0 Å². The van der Waals surface area contributed by atoms with E-state index in [4.69, 9.17) is 28.0 Å². The number of guanidine groups is 1. The van der Waals surface area contributed by atoms with Crippen molar-refractivity contribution in [2.45, 2.75) is 76.5 Å². The summed E-state index contributed by atoms with van der Waals surface area (Å²) in [5, 5.41) is 26.2. The van der Waals surface area contributed by atoms with Gasteiger partial charge in [0.15, 0.2) is 5.96 Å². The first-order valence-electron chi connectivity index (χ1n) is 11.7. The number of rotatable bonds is 18. The molecule has 13 N–H and O–H groups in total. The van der Waals surface area contributed by atoms with Crippen LogP contribution in [0.4, 0.5) is 0 Å². The van der Waals surface area contributed by atoms with Crippen molar-refractivity contribution in [1.29, 1.82) is 0 Å². The molecule has 0 spiro atoms. The molecule has 14 heteroatoms. The number of carbonyl (C=O) groups excluding carboxylic acids is 3. The Hall–Kier alpha value is -2.97. The maximum absolute atomic E-state index is 13.1. The van der Waals surface area contributed by atoms with Crippen molar-refractivity contribution in [3.8, 4) is 0 Å². The van der Waals surface area contributed by atoms with Crippen molar-refractivity contribution in [2.24, 2.45) is 33.8 Å². The number of carboxylic acids is 1. The van der Waals surface area contributed by atoms with Crippen LogP contribution >= 0.6 is 0 Å². The molecule has 5 atom stereocenters. The lowest BCUT2D eigenvalue weighted by Crippen LogP contribution is -2.59. The first-order chi connectivity index (χ1) is 16.5. The predicted molar refractivity (Wildman–Crippen MR) is 131 cm³/mol. The average molecular weight is 503 g/mol. The van der Waals surface area contributed by atoms with Crippen LogP contribution < -0.4 is 38.9 Å². The predicted octanol–water partition coefficient (Wildman–Crippen LogP) is -2.93. The van der Waals surface area contributed by atoms with Crippen LogP contribution in [0.15, 0.2) is 4.99 Å². The van der Waals surface area contributed by atoms with E-state index in [1.54, 1.807) is 6.92 Å². The van der Waals surface area contributed by atoms with Crippen molar-refractivity contribution < 1.29 is 29.4 Å². The van der Waals surface area contributed by atoms with E-state index in [1.165, 1.54) is 0 Å². The number of aliphatic imine (C=N–C) groups is 1. The maximum atomic E-state index is 13.1. The van der Waals surface area contributed by atoms with Crippen LogP contribution in [-0.2, 0) is 19.2 Å². The van der Waals surface area contributed by atoms with Gasteiger partial charge in [-0.1, -0.05) is 20.3 Å². The zero-order valence-electron chi connectivity index (χ0n) is 20.5. The molecule has 202 valence electrons. The molecular weight excluding hydrogens is 460 g/mol. The summed E-state index contributed by atoms with van der Waals surface area (Å²) in [7, 11) is 0. The molecule has 14 nitrogen and oxygen atoms in total. The number of hydrogen-bond donors (Lipinski definition) is 9. The molecule has 0 aromatic heterocycles. The van der Waals surface area contributed by atoms with Gasteiger partial charge in [-0.25, -0.2) is 4.79 Å². The molecule has 0 saturated heterocycles. The van der Waals surface area contributed by atoms with Gasteiger partial charge in [-0.3, -0.25) is 19.4 Å². The van der Waals surface area contributed by atoms with E-state index >= 15 is 0 Å². The van der Waals surface area contributed by atoms with Gasteiger partial charge in [0, 0.05) is 6.54 Å². The first-order valence-corrected chi connectivity index (χ1v) is 11.7. The monoisotopic (exact) mass is 502 g/mol. The quantitative estimate of drug-likeness (QED) is 0.0523. The number of unbranched alkanes of at least 4 members (excludes halogenated alkanes) is 1. The molecule has 0 bridgehead atoms. The molecule has 0 aliphatic heterocycles. The highest BCUT2D eigenvalue weighted by Gasteiger charge is 2.32. The minimum atomic E-state index is -1.21. The van der Waals surface area contributed by atoms with Crippen molar-refractivity contribution in [3.05, 3.63) is 0 Å². The van der Waals surface area contributed by atoms with E-state index in [1.807, 2.05) is 6.92 Å². The van der Waals surface area contributed by atoms with E-state index in [0.717, 1.165) is 0 Å². The van der Waals surface area contributed by atoms with Gasteiger partial charge in [-0.15, -0.1) is 0 Å². The fraction of sp³-hybridized carbons (Fsp3) is 0.762. The van der Waals surface area contributed by atoms with Gasteiger partial charge < -0.3 is 49.1 Å². The summed E-state index contributed by atoms with van der Waals surface area (Å²) in [5.41, 5.74) is 21.6. The summed E-state index contributed by atoms with van der Waals surface area (Å²) in [6, 6.07) is -4.50. The van der Waals surface area contributed by atoms with Gasteiger partial charge in [-0.05, 0) is 44.6 Å². The highest BCUT2D eigenvalue weighted by atomic mass is 16.4. The second-order valence-electron chi connectivity index (χ2n) is 8.35. The average Bonchev–Trinajstić information content (AvgIpc) is 2.81.